The van der Waals surface area contributed by atoms with Crippen LogP contribution in [-0.4, -0.2) is 66.2 Å². The van der Waals surface area contributed by atoms with Crippen molar-refractivity contribution in [3.63, 3.8) is 0 Å². The molecule has 176 valence electrons. The van der Waals surface area contributed by atoms with Gasteiger partial charge in [-0.2, -0.15) is 0 Å². The van der Waals surface area contributed by atoms with Gasteiger partial charge in [-0.3, -0.25) is 19.2 Å². The summed E-state index contributed by atoms with van der Waals surface area (Å²) in [5.74, 6) is -1.49. The van der Waals surface area contributed by atoms with Crippen molar-refractivity contribution in [3.05, 3.63) is 21.9 Å². The van der Waals surface area contributed by atoms with Gasteiger partial charge in [-0.15, -0.1) is 11.3 Å². The number of hydrogen-bond acceptors (Lipinski definition) is 7. The minimum absolute atomic E-state index is 0.0297. The summed E-state index contributed by atoms with van der Waals surface area (Å²) in [5, 5.41) is 7.52. The molecular formula is C22H31N3O6S. The molecule has 0 unspecified atom stereocenters. The topological polar surface area (TPSA) is 114 Å². The summed E-state index contributed by atoms with van der Waals surface area (Å²) in [5.41, 5.74) is 0.859. The van der Waals surface area contributed by atoms with Crippen LogP contribution in [-0.2, 0) is 23.9 Å². The molecule has 2 N–H and O–H groups in total. The zero-order valence-electron chi connectivity index (χ0n) is 18.9. The number of aryl methyl sites for hydroxylation is 1. The lowest BCUT2D eigenvalue weighted by Crippen LogP contribution is -2.56. The molecule has 2 aliphatic rings. The number of rotatable bonds is 8. The Balaban J connectivity index is 1.68. The third-order valence-electron chi connectivity index (χ3n) is 5.75. The predicted octanol–water partition coefficient (Wildman–Crippen LogP) is 1.60. The van der Waals surface area contributed by atoms with Crippen LogP contribution in [0.3, 0.4) is 0 Å². The lowest BCUT2D eigenvalue weighted by molar-refractivity contribution is -0.164. The summed E-state index contributed by atoms with van der Waals surface area (Å²) in [6.45, 7) is 8.14. The molecule has 32 heavy (non-hydrogen) atoms. The Bertz CT molecular complexity index is 870. The molecule has 2 aliphatic heterocycles. The lowest BCUT2D eigenvalue weighted by Gasteiger charge is -2.31. The molecule has 0 radical (unpaired) electrons. The van der Waals surface area contributed by atoms with E-state index in [9.17, 15) is 19.2 Å². The average molecular weight is 466 g/mol. The molecule has 3 heterocycles. The van der Waals surface area contributed by atoms with E-state index in [1.165, 1.54) is 16.2 Å². The molecule has 0 spiro atoms. The first-order chi connectivity index (χ1) is 15.2. The van der Waals surface area contributed by atoms with Gasteiger partial charge < -0.3 is 25.0 Å². The molecule has 0 aliphatic carbocycles. The molecule has 3 rings (SSSR count). The molecule has 0 bridgehead atoms. The lowest BCUT2D eigenvalue weighted by atomic mass is 10.0. The number of amides is 3. The Morgan fingerprint density at radius 3 is 2.72 bits per heavy atom. The third kappa shape index (κ3) is 5.29. The van der Waals surface area contributed by atoms with E-state index in [1.54, 1.807) is 6.92 Å². The number of hydrogen-bond donors (Lipinski definition) is 2. The zero-order chi connectivity index (χ0) is 23.4. The van der Waals surface area contributed by atoms with Crippen LogP contribution in [0.4, 0.5) is 0 Å². The largest absolute Gasteiger partial charge is 0.433 e. The van der Waals surface area contributed by atoms with Crippen LogP contribution >= 0.6 is 11.3 Å². The van der Waals surface area contributed by atoms with Crippen molar-refractivity contribution in [1.29, 1.82) is 0 Å². The van der Waals surface area contributed by atoms with Gasteiger partial charge in [0.2, 0.25) is 18.1 Å². The second-order valence-electron chi connectivity index (χ2n) is 8.45. The standard InChI is InChI=1S/C22H31N3O6S/c1-5-30-22-14(11-16(26)31-22)23-19(27)15-7-6-9-25(15)21(29)17(12(2)3)24-20(28)18-13(4)8-10-32-18/h8,10,12,14-15,17,22H,5-7,9,11H2,1-4H3,(H,23,27)(H,24,28)/t14-,15-,17-,22+/m0/s1. The van der Waals surface area contributed by atoms with Gasteiger partial charge in [0.15, 0.2) is 0 Å². The number of nitrogens with one attached hydrogen (secondary N) is 2. The molecule has 4 atom stereocenters. The Labute approximate surface area is 191 Å². The molecule has 10 heteroatoms. The molecule has 2 saturated heterocycles. The van der Waals surface area contributed by atoms with Gasteiger partial charge in [0, 0.05) is 13.2 Å². The molecular weight excluding hydrogens is 434 g/mol. The molecule has 0 saturated carbocycles. The number of carbonyl (C=O) groups excluding carboxylic acids is 4. The minimum Gasteiger partial charge on any atom is -0.433 e. The Hall–Kier alpha value is -2.46. The number of nitrogens with zero attached hydrogens (tertiary/aromatic N) is 1. The van der Waals surface area contributed by atoms with Gasteiger partial charge in [0.05, 0.1) is 11.3 Å². The maximum absolute atomic E-state index is 13.4. The zero-order valence-corrected chi connectivity index (χ0v) is 19.7. The Morgan fingerprint density at radius 2 is 2.09 bits per heavy atom. The van der Waals surface area contributed by atoms with Crippen LogP contribution in [0.1, 0.15) is 55.3 Å². The van der Waals surface area contributed by atoms with Gasteiger partial charge in [-0.05, 0) is 49.6 Å². The van der Waals surface area contributed by atoms with Crippen LogP contribution in [0.5, 0.6) is 0 Å². The monoisotopic (exact) mass is 465 g/mol. The number of carbonyl (C=O) groups is 4. The molecule has 3 amide bonds. The van der Waals surface area contributed by atoms with Crippen LogP contribution in [0, 0.1) is 12.8 Å². The normalized spacial score (nSPS) is 23.8. The second-order valence-corrected chi connectivity index (χ2v) is 9.37. The molecule has 1 aromatic heterocycles. The summed E-state index contributed by atoms with van der Waals surface area (Å²) >= 11 is 1.33. The summed E-state index contributed by atoms with van der Waals surface area (Å²) in [7, 11) is 0. The highest BCUT2D eigenvalue weighted by Crippen LogP contribution is 2.23. The van der Waals surface area contributed by atoms with E-state index >= 15 is 0 Å². The van der Waals surface area contributed by atoms with E-state index in [2.05, 4.69) is 10.6 Å². The first-order valence-corrected chi connectivity index (χ1v) is 11.9. The summed E-state index contributed by atoms with van der Waals surface area (Å²) in [6, 6.07) is -0.137. The molecule has 2 fully saturated rings. The van der Waals surface area contributed by atoms with Gasteiger partial charge in [-0.25, -0.2) is 0 Å². The van der Waals surface area contributed by atoms with Gasteiger partial charge in [0.25, 0.3) is 5.91 Å². The Morgan fingerprint density at radius 1 is 1.34 bits per heavy atom. The summed E-state index contributed by atoms with van der Waals surface area (Å²) < 4.78 is 10.5. The van der Waals surface area contributed by atoms with Crippen LogP contribution in [0.25, 0.3) is 0 Å². The predicted molar refractivity (Wildman–Crippen MR) is 118 cm³/mol. The highest BCUT2D eigenvalue weighted by Gasteiger charge is 2.42. The van der Waals surface area contributed by atoms with Crippen molar-refractivity contribution in [1.82, 2.24) is 15.5 Å². The maximum atomic E-state index is 13.4. The van der Waals surface area contributed by atoms with Crippen molar-refractivity contribution in [2.75, 3.05) is 13.2 Å². The SMILES string of the molecule is CCO[C@@H]1OC(=O)C[C@@H]1NC(=O)[C@@H]1CCCN1C(=O)[C@@H](NC(=O)c1sccc1C)C(C)C. The third-order valence-corrected chi connectivity index (χ3v) is 6.76. The van der Waals surface area contributed by atoms with E-state index in [0.717, 1.165) is 5.56 Å². The van der Waals surface area contributed by atoms with Crippen molar-refractivity contribution < 1.29 is 28.7 Å². The summed E-state index contributed by atoms with van der Waals surface area (Å²) in [6.07, 6.45) is 0.406. The first-order valence-electron chi connectivity index (χ1n) is 11.0. The minimum atomic E-state index is -0.821. The summed E-state index contributed by atoms with van der Waals surface area (Å²) in [4.78, 5) is 52.9. The van der Waals surface area contributed by atoms with E-state index in [0.29, 0.717) is 30.9 Å². The quantitative estimate of drug-likeness (QED) is 0.564. The van der Waals surface area contributed by atoms with Crippen LogP contribution in [0.2, 0.25) is 0 Å². The van der Waals surface area contributed by atoms with Crippen LogP contribution in [0.15, 0.2) is 11.4 Å². The number of esters is 1. The fourth-order valence-corrected chi connectivity index (χ4v) is 4.88. The number of cyclic esters (lactones) is 1. The van der Waals surface area contributed by atoms with E-state index in [4.69, 9.17) is 9.47 Å². The van der Waals surface area contributed by atoms with Crippen molar-refractivity contribution >= 4 is 35.0 Å². The fraction of sp³-hybridized carbons (Fsp3) is 0.636. The molecule has 0 aromatic carbocycles. The van der Waals surface area contributed by atoms with E-state index in [-0.39, 0.29) is 30.1 Å². The van der Waals surface area contributed by atoms with Gasteiger partial charge >= 0.3 is 5.97 Å². The van der Waals surface area contributed by atoms with Crippen LogP contribution < -0.4 is 10.6 Å². The van der Waals surface area contributed by atoms with Gasteiger partial charge in [0.1, 0.15) is 18.1 Å². The number of likely N-dealkylation sites (tertiary alicyclic amines) is 1. The van der Waals surface area contributed by atoms with E-state index in [1.807, 2.05) is 32.2 Å². The van der Waals surface area contributed by atoms with Crippen molar-refractivity contribution in [2.45, 2.75) is 71.4 Å². The smallest absolute Gasteiger partial charge is 0.310 e. The maximum Gasteiger partial charge on any atom is 0.310 e. The fourth-order valence-electron chi connectivity index (χ4n) is 4.06. The molecule has 9 nitrogen and oxygen atoms in total. The van der Waals surface area contributed by atoms with Crippen molar-refractivity contribution in [2.24, 2.45) is 5.92 Å². The first kappa shape index (κ1) is 24.2. The van der Waals surface area contributed by atoms with E-state index < -0.39 is 30.4 Å². The highest BCUT2D eigenvalue weighted by molar-refractivity contribution is 7.12. The number of ether oxygens (including phenoxy) is 2. The van der Waals surface area contributed by atoms with Crippen molar-refractivity contribution in [3.8, 4) is 0 Å². The van der Waals surface area contributed by atoms with Gasteiger partial charge in [-0.1, -0.05) is 13.8 Å². The Kier molecular flexibility index (Phi) is 7.89. The molecule has 1 aromatic rings. The number of thiophene rings is 1. The highest BCUT2D eigenvalue weighted by atomic mass is 32.1. The second kappa shape index (κ2) is 10.4. The average Bonchev–Trinajstić information content (AvgIpc) is 3.46.